The fourth-order valence-electron chi connectivity index (χ4n) is 3.29. The number of rotatable bonds is 3. The topological polar surface area (TPSA) is 48.4 Å². The van der Waals surface area contributed by atoms with E-state index in [1.807, 2.05) is 42.5 Å². The molecule has 0 atom stereocenters. The number of hydrogen-bond donors (Lipinski definition) is 0. The molecule has 0 bridgehead atoms. The summed E-state index contributed by atoms with van der Waals surface area (Å²) in [6.07, 6.45) is 4.29. The zero-order valence-corrected chi connectivity index (χ0v) is 14.1. The lowest BCUT2D eigenvalue weighted by atomic mass is 10.0. The molecular weight excluding hydrogens is 314 g/mol. The van der Waals surface area contributed by atoms with E-state index < -0.39 is 0 Å². The third kappa shape index (κ3) is 2.56. The van der Waals surface area contributed by atoms with Gasteiger partial charge < -0.3 is 9.47 Å². The van der Waals surface area contributed by atoms with Crippen molar-refractivity contribution in [1.29, 1.82) is 0 Å². The maximum Gasteiger partial charge on any atom is 0.189 e. The maximum atomic E-state index is 12.8. The number of fused-ring (bicyclic) bond motifs is 2. The Morgan fingerprint density at radius 3 is 2.60 bits per heavy atom. The molecule has 0 aliphatic heterocycles. The number of nitrogens with zero attached hydrogens (tertiary/aromatic N) is 1. The van der Waals surface area contributed by atoms with Crippen LogP contribution in [0.1, 0.15) is 21.5 Å². The van der Waals surface area contributed by atoms with Gasteiger partial charge in [0.25, 0.3) is 0 Å². The van der Waals surface area contributed by atoms with Gasteiger partial charge in [0.15, 0.2) is 17.3 Å². The molecule has 0 radical (unpaired) electrons. The standard InChI is InChI=1S/C21H17NO3/c1-24-18-11-15-10-16(21(23)17(15)12-19(18)25-2)9-14-6-3-5-13-7-4-8-22-20(13)14/h3-9,11-12H,10H2,1-2H3/b16-9-. The second kappa shape index (κ2) is 6.06. The highest BCUT2D eigenvalue weighted by Crippen LogP contribution is 2.37. The number of ether oxygens (including phenoxy) is 2. The Morgan fingerprint density at radius 2 is 1.80 bits per heavy atom. The first-order valence-corrected chi connectivity index (χ1v) is 8.05. The van der Waals surface area contributed by atoms with Crippen LogP contribution in [-0.4, -0.2) is 25.0 Å². The van der Waals surface area contributed by atoms with Gasteiger partial charge in [-0.05, 0) is 29.8 Å². The van der Waals surface area contributed by atoms with E-state index in [2.05, 4.69) is 4.98 Å². The summed E-state index contributed by atoms with van der Waals surface area (Å²) in [5.41, 5.74) is 4.24. The number of Topliss-reactive ketones (excluding diaryl/α,β-unsaturated/α-hetero) is 1. The molecule has 4 nitrogen and oxygen atoms in total. The normalized spacial score (nSPS) is 14.8. The van der Waals surface area contributed by atoms with Crippen molar-refractivity contribution in [2.45, 2.75) is 6.42 Å². The molecule has 0 saturated heterocycles. The largest absolute Gasteiger partial charge is 0.493 e. The fourth-order valence-corrected chi connectivity index (χ4v) is 3.29. The molecule has 1 aliphatic carbocycles. The molecule has 25 heavy (non-hydrogen) atoms. The van der Waals surface area contributed by atoms with Crippen LogP contribution in [0.2, 0.25) is 0 Å². The van der Waals surface area contributed by atoms with E-state index in [1.54, 1.807) is 26.5 Å². The first kappa shape index (κ1) is 15.4. The molecule has 124 valence electrons. The van der Waals surface area contributed by atoms with Gasteiger partial charge in [0.2, 0.25) is 0 Å². The highest BCUT2D eigenvalue weighted by Gasteiger charge is 2.27. The highest BCUT2D eigenvalue weighted by atomic mass is 16.5. The number of pyridine rings is 1. The molecule has 1 aliphatic rings. The minimum atomic E-state index is 0.0314. The van der Waals surface area contributed by atoms with E-state index in [0.717, 1.165) is 27.6 Å². The molecule has 0 saturated carbocycles. The minimum absolute atomic E-state index is 0.0314. The minimum Gasteiger partial charge on any atom is -0.493 e. The van der Waals surface area contributed by atoms with Crippen molar-refractivity contribution in [2.24, 2.45) is 0 Å². The van der Waals surface area contributed by atoms with E-state index >= 15 is 0 Å². The third-order valence-electron chi connectivity index (χ3n) is 4.52. The van der Waals surface area contributed by atoms with Crippen molar-refractivity contribution in [3.63, 3.8) is 0 Å². The molecule has 0 amide bonds. The summed E-state index contributed by atoms with van der Waals surface area (Å²) in [5, 5.41) is 1.06. The van der Waals surface area contributed by atoms with E-state index in [9.17, 15) is 4.79 Å². The molecule has 4 heteroatoms. The number of carbonyl (C=O) groups excluding carboxylic acids is 1. The zero-order valence-electron chi connectivity index (χ0n) is 14.1. The SMILES string of the molecule is COc1cc2c(cc1OC)C(=O)/C(=C\c1cccc3cccnc13)C2. The summed E-state index contributed by atoms with van der Waals surface area (Å²) in [6, 6.07) is 13.6. The number of ketones is 1. The van der Waals surface area contributed by atoms with Crippen LogP contribution in [0.3, 0.4) is 0 Å². The number of carbonyl (C=O) groups is 1. The highest BCUT2D eigenvalue weighted by molar-refractivity contribution is 6.16. The smallest absolute Gasteiger partial charge is 0.189 e. The quantitative estimate of drug-likeness (QED) is 0.679. The number of para-hydroxylation sites is 1. The second-order valence-electron chi connectivity index (χ2n) is 5.96. The molecule has 1 heterocycles. The van der Waals surface area contributed by atoms with Crippen LogP contribution in [0.5, 0.6) is 11.5 Å². The first-order chi connectivity index (χ1) is 12.2. The zero-order chi connectivity index (χ0) is 17.4. The fraction of sp³-hybridized carbons (Fsp3) is 0.143. The van der Waals surface area contributed by atoms with E-state index in [4.69, 9.17) is 9.47 Å². The van der Waals surface area contributed by atoms with Crippen molar-refractivity contribution in [3.05, 3.63) is 70.9 Å². The van der Waals surface area contributed by atoms with Gasteiger partial charge in [-0.25, -0.2) is 0 Å². The van der Waals surface area contributed by atoms with Gasteiger partial charge in [-0.3, -0.25) is 9.78 Å². The maximum absolute atomic E-state index is 12.8. The summed E-state index contributed by atoms with van der Waals surface area (Å²) < 4.78 is 10.7. The summed E-state index contributed by atoms with van der Waals surface area (Å²) in [7, 11) is 3.17. The van der Waals surface area contributed by atoms with Crippen molar-refractivity contribution in [1.82, 2.24) is 4.98 Å². The Kier molecular flexibility index (Phi) is 3.73. The Bertz CT molecular complexity index is 1020. The Labute approximate surface area is 145 Å². The van der Waals surface area contributed by atoms with Gasteiger partial charge >= 0.3 is 0 Å². The third-order valence-corrected chi connectivity index (χ3v) is 4.52. The molecule has 4 rings (SSSR count). The van der Waals surface area contributed by atoms with Gasteiger partial charge in [0.1, 0.15) is 0 Å². The molecular formula is C21H17NO3. The Morgan fingerprint density at radius 1 is 1.04 bits per heavy atom. The molecule has 0 spiro atoms. The predicted molar refractivity (Wildman–Crippen MR) is 97.3 cm³/mol. The summed E-state index contributed by atoms with van der Waals surface area (Å²) in [5.74, 6) is 1.24. The van der Waals surface area contributed by atoms with Crippen LogP contribution >= 0.6 is 0 Å². The lowest BCUT2D eigenvalue weighted by Crippen LogP contribution is -1.97. The number of benzene rings is 2. The van der Waals surface area contributed by atoms with Crippen LogP contribution in [0.15, 0.2) is 54.2 Å². The Hall–Kier alpha value is -3.14. The molecule has 3 aromatic rings. The molecule has 0 fully saturated rings. The van der Waals surface area contributed by atoms with Crippen LogP contribution < -0.4 is 9.47 Å². The van der Waals surface area contributed by atoms with Crippen molar-refractivity contribution < 1.29 is 14.3 Å². The molecule has 2 aromatic carbocycles. The van der Waals surface area contributed by atoms with Crippen LogP contribution in [0, 0.1) is 0 Å². The van der Waals surface area contributed by atoms with Crippen molar-refractivity contribution in [3.8, 4) is 11.5 Å². The van der Waals surface area contributed by atoms with E-state index in [0.29, 0.717) is 23.5 Å². The van der Waals surface area contributed by atoms with Crippen LogP contribution in [-0.2, 0) is 6.42 Å². The number of aromatic nitrogens is 1. The lowest BCUT2D eigenvalue weighted by molar-refractivity contribution is 0.104. The summed E-state index contributed by atoms with van der Waals surface area (Å²) >= 11 is 0. The van der Waals surface area contributed by atoms with E-state index in [1.165, 1.54) is 0 Å². The lowest BCUT2D eigenvalue weighted by Gasteiger charge is -2.08. The van der Waals surface area contributed by atoms with Crippen LogP contribution in [0.25, 0.3) is 17.0 Å². The first-order valence-electron chi connectivity index (χ1n) is 8.05. The van der Waals surface area contributed by atoms with Gasteiger partial charge in [0, 0.05) is 34.7 Å². The Balaban J connectivity index is 1.79. The summed E-state index contributed by atoms with van der Waals surface area (Å²) in [4.78, 5) is 17.3. The molecule has 1 aromatic heterocycles. The van der Waals surface area contributed by atoms with Gasteiger partial charge in [0.05, 0.1) is 19.7 Å². The summed E-state index contributed by atoms with van der Waals surface area (Å²) in [6.45, 7) is 0. The predicted octanol–water partition coefficient (Wildman–Crippen LogP) is 4.07. The van der Waals surface area contributed by atoms with Gasteiger partial charge in [-0.1, -0.05) is 24.3 Å². The van der Waals surface area contributed by atoms with Gasteiger partial charge in [-0.15, -0.1) is 0 Å². The van der Waals surface area contributed by atoms with Crippen LogP contribution in [0.4, 0.5) is 0 Å². The average Bonchev–Trinajstić information content (AvgIpc) is 2.95. The van der Waals surface area contributed by atoms with Crippen molar-refractivity contribution >= 4 is 22.8 Å². The number of hydrogen-bond acceptors (Lipinski definition) is 4. The monoisotopic (exact) mass is 331 g/mol. The molecule has 0 N–H and O–H groups in total. The van der Waals surface area contributed by atoms with Crippen molar-refractivity contribution in [2.75, 3.05) is 14.2 Å². The van der Waals surface area contributed by atoms with Gasteiger partial charge in [-0.2, -0.15) is 0 Å². The van der Waals surface area contributed by atoms with E-state index in [-0.39, 0.29) is 5.78 Å². The second-order valence-corrected chi connectivity index (χ2v) is 5.96. The average molecular weight is 331 g/mol. The molecule has 0 unspecified atom stereocenters. The number of allylic oxidation sites excluding steroid dienone is 1. The number of methoxy groups -OCH3 is 2.